The van der Waals surface area contributed by atoms with Gasteiger partial charge in [-0.3, -0.25) is 0 Å². The van der Waals surface area contributed by atoms with Gasteiger partial charge in [-0.2, -0.15) is 9.46 Å². The van der Waals surface area contributed by atoms with E-state index in [1.54, 1.807) is 36.4 Å². The van der Waals surface area contributed by atoms with Gasteiger partial charge in [0.25, 0.3) is 0 Å². The maximum Gasteiger partial charge on any atom is 0.187 e. The first-order chi connectivity index (χ1) is 14.4. The molecule has 30 heavy (non-hydrogen) atoms. The van der Waals surface area contributed by atoms with Gasteiger partial charge in [0, 0.05) is 17.7 Å². The molecular weight excluding hydrogens is 386 g/mol. The van der Waals surface area contributed by atoms with Crippen molar-refractivity contribution in [3.63, 3.8) is 0 Å². The third-order valence-electron chi connectivity index (χ3n) is 5.64. The molecular formula is C22H23N3O5. The van der Waals surface area contributed by atoms with Crippen LogP contribution in [0.2, 0.25) is 0 Å². The fourth-order valence-corrected chi connectivity index (χ4v) is 4.24. The molecule has 3 heterocycles. The van der Waals surface area contributed by atoms with Gasteiger partial charge in [0.05, 0.1) is 24.3 Å². The van der Waals surface area contributed by atoms with Crippen molar-refractivity contribution < 1.29 is 24.0 Å². The smallest absolute Gasteiger partial charge is 0.187 e. The van der Waals surface area contributed by atoms with E-state index in [0.29, 0.717) is 15.0 Å². The molecule has 0 amide bonds. The van der Waals surface area contributed by atoms with Crippen LogP contribution in [0.25, 0.3) is 0 Å². The van der Waals surface area contributed by atoms with Crippen LogP contribution in [0.5, 0.6) is 0 Å². The summed E-state index contributed by atoms with van der Waals surface area (Å²) >= 11 is 0. The lowest BCUT2D eigenvalue weighted by Crippen LogP contribution is -2.59. The quantitative estimate of drug-likeness (QED) is 0.388. The standard InChI is InChI=1S/C22H23N3O5/c26-22(19-8-4-10-23(27)16-19,20-9-5-11-24(28)17-20)21(18-6-2-1-3-7-18)25(29)12-14-30-15-13-25/h1-11,16-17,21,26H,12-15H2. The van der Waals surface area contributed by atoms with E-state index in [2.05, 4.69) is 0 Å². The lowest BCUT2D eigenvalue weighted by Gasteiger charge is -2.55. The van der Waals surface area contributed by atoms with Crippen molar-refractivity contribution in [3.8, 4) is 0 Å². The van der Waals surface area contributed by atoms with Crippen LogP contribution in [0, 0.1) is 15.6 Å². The highest BCUT2D eigenvalue weighted by atomic mass is 16.6. The maximum absolute atomic E-state index is 14.1. The molecule has 0 radical (unpaired) electrons. The summed E-state index contributed by atoms with van der Waals surface area (Å²) in [7, 11) is 0. The van der Waals surface area contributed by atoms with Crippen LogP contribution < -0.4 is 9.46 Å². The second-order valence-electron chi connectivity index (χ2n) is 7.50. The second kappa shape index (κ2) is 8.00. The van der Waals surface area contributed by atoms with Crippen molar-refractivity contribution in [2.75, 3.05) is 26.3 Å². The molecule has 1 atom stereocenters. The molecule has 8 heteroatoms. The molecule has 0 aliphatic carbocycles. The average Bonchev–Trinajstić information content (AvgIpc) is 2.75. The first kappa shape index (κ1) is 20.2. The van der Waals surface area contributed by atoms with Crippen molar-refractivity contribution >= 4 is 0 Å². The maximum atomic E-state index is 14.1. The molecule has 1 saturated heterocycles. The zero-order chi connectivity index (χ0) is 21.2. The predicted molar refractivity (Wildman–Crippen MR) is 107 cm³/mol. The van der Waals surface area contributed by atoms with Crippen LogP contribution >= 0.6 is 0 Å². The van der Waals surface area contributed by atoms with Gasteiger partial charge in [-0.25, -0.2) is 0 Å². The Morgan fingerprint density at radius 3 is 1.90 bits per heavy atom. The normalized spacial score (nSPS) is 17.4. The van der Waals surface area contributed by atoms with Crippen LogP contribution in [-0.4, -0.2) is 36.1 Å². The second-order valence-corrected chi connectivity index (χ2v) is 7.50. The Morgan fingerprint density at radius 2 is 1.40 bits per heavy atom. The molecule has 1 aliphatic heterocycles. The van der Waals surface area contributed by atoms with Gasteiger partial charge in [-0.15, -0.1) is 0 Å². The van der Waals surface area contributed by atoms with E-state index in [-0.39, 0.29) is 37.4 Å². The number of aliphatic hydroxyl groups is 1. The number of hydrogen-bond donors (Lipinski definition) is 1. The van der Waals surface area contributed by atoms with Crippen LogP contribution in [-0.2, 0) is 10.3 Å². The number of hydroxylamine groups is 3. The van der Waals surface area contributed by atoms with E-state index >= 15 is 0 Å². The lowest BCUT2D eigenvalue weighted by molar-refractivity contribution is -0.926. The van der Waals surface area contributed by atoms with E-state index in [4.69, 9.17) is 4.74 Å². The molecule has 2 aromatic heterocycles. The number of aromatic nitrogens is 2. The van der Waals surface area contributed by atoms with Crippen molar-refractivity contribution in [2.24, 2.45) is 0 Å². The number of rotatable bonds is 5. The van der Waals surface area contributed by atoms with Crippen LogP contribution in [0.1, 0.15) is 22.7 Å². The minimum Gasteiger partial charge on any atom is -0.632 e. The van der Waals surface area contributed by atoms with E-state index in [1.807, 2.05) is 6.07 Å². The monoisotopic (exact) mass is 409 g/mol. The van der Waals surface area contributed by atoms with Crippen molar-refractivity contribution in [1.82, 2.24) is 0 Å². The Morgan fingerprint density at radius 1 is 0.867 bits per heavy atom. The summed E-state index contributed by atoms with van der Waals surface area (Å²) in [5.41, 5.74) is -0.847. The van der Waals surface area contributed by atoms with Gasteiger partial charge in [0.1, 0.15) is 13.1 Å². The van der Waals surface area contributed by atoms with Gasteiger partial charge >= 0.3 is 0 Å². The Labute approximate surface area is 174 Å². The third-order valence-corrected chi connectivity index (χ3v) is 5.64. The number of benzene rings is 1. The highest BCUT2D eigenvalue weighted by Crippen LogP contribution is 2.47. The van der Waals surface area contributed by atoms with Crippen molar-refractivity contribution in [3.05, 3.63) is 112 Å². The molecule has 156 valence electrons. The first-order valence-corrected chi connectivity index (χ1v) is 9.75. The number of quaternary nitrogens is 1. The van der Waals surface area contributed by atoms with E-state index < -0.39 is 16.3 Å². The van der Waals surface area contributed by atoms with Gasteiger partial charge in [0.2, 0.25) is 0 Å². The Bertz CT molecular complexity index is 963. The minimum absolute atomic E-state index is 0.135. The van der Waals surface area contributed by atoms with Gasteiger partial charge in [-0.1, -0.05) is 30.3 Å². The molecule has 0 bridgehead atoms. The Kier molecular flexibility index (Phi) is 5.40. The third kappa shape index (κ3) is 3.61. The summed E-state index contributed by atoms with van der Waals surface area (Å²) < 4.78 is 5.81. The molecule has 4 rings (SSSR count). The molecule has 1 fully saturated rings. The van der Waals surface area contributed by atoms with E-state index in [9.17, 15) is 20.7 Å². The SMILES string of the molecule is [O-][n+]1cccc(C(O)(c2ccc[n+]([O-])c2)C(c2ccccc2)[N+]2([O-])CCOCC2)c1. The summed E-state index contributed by atoms with van der Waals surface area (Å²) in [5, 5.41) is 50.6. The predicted octanol–water partition coefficient (Wildman–Crippen LogP) is 1.28. The molecule has 8 nitrogen and oxygen atoms in total. The number of hydrogen-bond acceptors (Lipinski definition) is 5. The van der Waals surface area contributed by atoms with E-state index in [0.717, 1.165) is 0 Å². The van der Waals surface area contributed by atoms with E-state index in [1.165, 1.54) is 36.9 Å². The summed E-state index contributed by atoms with van der Waals surface area (Å²) in [5.74, 6) is 0. The van der Waals surface area contributed by atoms with Gasteiger partial charge in [0.15, 0.2) is 36.4 Å². The summed E-state index contributed by atoms with van der Waals surface area (Å²) in [6, 6.07) is 14.2. The summed E-state index contributed by atoms with van der Waals surface area (Å²) in [6.07, 6.45) is 5.09. The molecule has 3 aromatic rings. The summed E-state index contributed by atoms with van der Waals surface area (Å²) in [4.78, 5) is 0. The van der Waals surface area contributed by atoms with Crippen LogP contribution in [0.3, 0.4) is 0 Å². The zero-order valence-electron chi connectivity index (χ0n) is 16.3. The molecule has 0 saturated carbocycles. The first-order valence-electron chi connectivity index (χ1n) is 9.75. The van der Waals surface area contributed by atoms with Crippen LogP contribution in [0.4, 0.5) is 0 Å². The Hall–Kier alpha value is -3.04. The number of morpholine rings is 1. The molecule has 1 aromatic carbocycles. The lowest BCUT2D eigenvalue weighted by atomic mass is 9.77. The van der Waals surface area contributed by atoms with Crippen molar-refractivity contribution in [1.29, 1.82) is 0 Å². The topological polar surface area (TPSA) is 106 Å². The average molecular weight is 409 g/mol. The molecule has 1 aliphatic rings. The molecule has 0 spiro atoms. The highest BCUT2D eigenvalue weighted by molar-refractivity contribution is 5.37. The number of ether oxygens (including phenoxy) is 1. The van der Waals surface area contributed by atoms with Crippen molar-refractivity contribution in [2.45, 2.75) is 11.6 Å². The minimum atomic E-state index is -1.93. The molecule has 1 N–H and O–H groups in total. The largest absolute Gasteiger partial charge is 0.632 e. The Balaban J connectivity index is 2.00. The number of pyridine rings is 2. The number of nitrogens with zero attached hydrogens (tertiary/aromatic N) is 3. The van der Waals surface area contributed by atoms with Gasteiger partial charge in [-0.05, 0) is 12.1 Å². The van der Waals surface area contributed by atoms with Crippen LogP contribution in [0.15, 0.2) is 79.4 Å². The van der Waals surface area contributed by atoms with Gasteiger partial charge < -0.3 is 30.1 Å². The fourth-order valence-electron chi connectivity index (χ4n) is 4.24. The molecule has 1 unspecified atom stereocenters. The summed E-state index contributed by atoms with van der Waals surface area (Å²) in [6.45, 7) is 0.789. The highest BCUT2D eigenvalue weighted by Gasteiger charge is 2.52. The zero-order valence-corrected chi connectivity index (χ0v) is 16.3. The fraction of sp³-hybridized carbons (Fsp3) is 0.273.